The van der Waals surface area contributed by atoms with E-state index in [0.29, 0.717) is 30.3 Å². The van der Waals surface area contributed by atoms with E-state index in [2.05, 4.69) is 10.0 Å². The van der Waals surface area contributed by atoms with E-state index in [1.165, 1.54) is 18.2 Å². The number of fused-ring (bicyclic) bond motifs is 1. The highest BCUT2D eigenvalue weighted by Crippen LogP contribution is 2.32. The molecule has 8 heteroatoms. The Balaban J connectivity index is 1.49. The van der Waals surface area contributed by atoms with Crippen LogP contribution in [-0.4, -0.2) is 27.5 Å². The van der Waals surface area contributed by atoms with Gasteiger partial charge in [0.2, 0.25) is 0 Å². The predicted octanol–water partition coefficient (Wildman–Crippen LogP) is 4.14. The largest absolute Gasteiger partial charge is 0.490 e. The van der Waals surface area contributed by atoms with Gasteiger partial charge in [-0.05, 0) is 42.8 Å². The van der Waals surface area contributed by atoms with E-state index in [1.807, 2.05) is 37.3 Å². The lowest BCUT2D eigenvalue weighted by molar-refractivity contribution is 0.0940. The van der Waals surface area contributed by atoms with Crippen LogP contribution in [0.3, 0.4) is 0 Å². The third kappa shape index (κ3) is 5.03. The summed E-state index contributed by atoms with van der Waals surface area (Å²) in [5.74, 6) is 0.624. The molecule has 3 aromatic carbocycles. The summed E-state index contributed by atoms with van der Waals surface area (Å²) in [6.07, 6.45) is 0.729. The predicted molar refractivity (Wildman–Crippen MR) is 122 cm³/mol. The molecule has 0 radical (unpaired) electrons. The van der Waals surface area contributed by atoms with Crippen molar-refractivity contribution in [3.05, 3.63) is 83.9 Å². The normalized spacial score (nSPS) is 14.2. The first-order chi connectivity index (χ1) is 15.4. The number of carbonyl (C=O) groups excluding carboxylic acids is 1. The summed E-state index contributed by atoms with van der Waals surface area (Å²) in [5.41, 5.74) is 1.62. The van der Waals surface area contributed by atoms with Crippen LogP contribution in [0.2, 0.25) is 0 Å². The van der Waals surface area contributed by atoms with Crippen LogP contribution >= 0.6 is 0 Å². The molecule has 0 unspecified atom stereocenters. The lowest BCUT2D eigenvalue weighted by Crippen LogP contribution is -2.26. The van der Waals surface area contributed by atoms with Gasteiger partial charge < -0.3 is 14.8 Å². The number of anilines is 1. The molecule has 4 rings (SSSR count). The number of carbonyl (C=O) groups is 1. The standard InChI is InChI=1S/C24H24N2O5S/c1-17(18-7-3-2-4-8-18)25-24(27)19-9-5-10-20(15-19)26-32(28,29)21-11-12-22-23(16-21)31-14-6-13-30-22/h2-5,7-12,15-17,26H,6,13-14H2,1H3,(H,25,27)/t17-/m1/s1. The fourth-order valence-corrected chi connectivity index (χ4v) is 4.42. The Kier molecular flexibility index (Phi) is 6.32. The number of sulfonamides is 1. The third-order valence-corrected chi connectivity index (χ3v) is 6.43. The molecule has 0 aliphatic carbocycles. The molecule has 0 saturated carbocycles. The van der Waals surface area contributed by atoms with Gasteiger partial charge in [0.1, 0.15) is 0 Å². The molecule has 0 aromatic heterocycles. The maximum absolute atomic E-state index is 12.9. The van der Waals surface area contributed by atoms with Crippen molar-refractivity contribution in [1.82, 2.24) is 5.32 Å². The number of hydrogen-bond donors (Lipinski definition) is 2. The second-order valence-electron chi connectivity index (χ2n) is 7.45. The monoisotopic (exact) mass is 452 g/mol. The lowest BCUT2D eigenvalue weighted by Gasteiger charge is -2.15. The summed E-state index contributed by atoms with van der Waals surface area (Å²) in [4.78, 5) is 12.7. The highest BCUT2D eigenvalue weighted by atomic mass is 32.2. The van der Waals surface area contributed by atoms with Crippen molar-refractivity contribution in [2.75, 3.05) is 17.9 Å². The first kappa shape index (κ1) is 21.7. The Labute approximate surface area is 187 Å². The van der Waals surface area contributed by atoms with Crippen molar-refractivity contribution < 1.29 is 22.7 Å². The van der Waals surface area contributed by atoms with E-state index >= 15 is 0 Å². The summed E-state index contributed by atoms with van der Waals surface area (Å²) in [6.45, 7) is 2.88. The number of nitrogens with one attached hydrogen (secondary N) is 2. The van der Waals surface area contributed by atoms with Gasteiger partial charge in [-0.15, -0.1) is 0 Å². The number of ether oxygens (including phenoxy) is 2. The number of rotatable bonds is 6. The Morgan fingerprint density at radius 2 is 1.66 bits per heavy atom. The molecule has 166 valence electrons. The summed E-state index contributed by atoms with van der Waals surface area (Å²) in [6, 6.07) is 20.3. The zero-order chi connectivity index (χ0) is 22.6. The second kappa shape index (κ2) is 9.32. The Morgan fingerprint density at radius 3 is 2.44 bits per heavy atom. The van der Waals surface area contributed by atoms with E-state index in [-0.39, 0.29) is 22.5 Å². The molecular weight excluding hydrogens is 428 g/mol. The first-order valence-electron chi connectivity index (χ1n) is 10.3. The van der Waals surface area contributed by atoms with Gasteiger partial charge in [-0.3, -0.25) is 9.52 Å². The van der Waals surface area contributed by atoms with Crippen molar-refractivity contribution >= 4 is 21.6 Å². The summed E-state index contributed by atoms with van der Waals surface area (Å²) in [5, 5.41) is 2.93. The molecule has 32 heavy (non-hydrogen) atoms. The van der Waals surface area contributed by atoms with Crippen LogP contribution < -0.4 is 19.5 Å². The van der Waals surface area contributed by atoms with E-state index in [1.54, 1.807) is 24.3 Å². The third-order valence-electron chi connectivity index (χ3n) is 5.05. The number of benzene rings is 3. The average molecular weight is 453 g/mol. The molecule has 1 atom stereocenters. The fourth-order valence-electron chi connectivity index (χ4n) is 3.35. The quantitative estimate of drug-likeness (QED) is 0.586. The molecule has 1 aliphatic heterocycles. The Bertz CT molecular complexity index is 1210. The van der Waals surface area contributed by atoms with Crippen molar-refractivity contribution in [2.45, 2.75) is 24.3 Å². The molecule has 0 fully saturated rings. The van der Waals surface area contributed by atoms with E-state index in [4.69, 9.17) is 9.47 Å². The van der Waals surface area contributed by atoms with Gasteiger partial charge in [0, 0.05) is 23.7 Å². The van der Waals surface area contributed by atoms with E-state index in [0.717, 1.165) is 12.0 Å². The zero-order valence-corrected chi connectivity index (χ0v) is 18.4. The van der Waals surface area contributed by atoms with Crippen LogP contribution in [0.5, 0.6) is 11.5 Å². The van der Waals surface area contributed by atoms with E-state index < -0.39 is 10.0 Å². The zero-order valence-electron chi connectivity index (χ0n) is 17.6. The fraction of sp³-hybridized carbons (Fsp3) is 0.208. The molecule has 3 aromatic rings. The molecular formula is C24H24N2O5S. The van der Waals surface area contributed by atoms with Gasteiger partial charge in [0.15, 0.2) is 11.5 Å². The van der Waals surface area contributed by atoms with Gasteiger partial charge in [-0.25, -0.2) is 8.42 Å². The van der Waals surface area contributed by atoms with Gasteiger partial charge in [0.05, 0.1) is 24.2 Å². The Hall–Kier alpha value is -3.52. The molecule has 0 bridgehead atoms. The minimum Gasteiger partial charge on any atom is -0.490 e. The number of amides is 1. The lowest BCUT2D eigenvalue weighted by atomic mass is 10.1. The van der Waals surface area contributed by atoms with Gasteiger partial charge in [-0.1, -0.05) is 36.4 Å². The topological polar surface area (TPSA) is 93.7 Å². The maximum Gasteiger partial charge on any atom is 0.262 e. The smallest absolute Gasteiger partial charge is 0.262 e. The molecule has 0 spiro atoms. The van der Waals surface area contributed by atoms with Crippen molar-refractivity contribution in [3.8, 4) is 11.5 Å². The first-order valence-corrected chi connectivity index (χ1v) is 11.8. The minimum atomic E-state index is -3.88. The molecule has 1 heterocycles. The van der Waals surface area contributed by atoms with Crippen LogP contribution in [0.4, 0.5) is 5.69 Å². The molecule has 7 nitrogen and oxygen atoms in total. The maximum atomic E-state index is 12.9. The van der Waals surface area contributed by atoms with Gasteiger partial charge >= 0.3 is 0 Å². The minimum absolute atomic E-state index is 0.0503. The molecule has 0 saturated heterocycles. The van der Waals surface area contributed by atoms with Crippen LogP contribution in [-0.2, 0) is 10.0 Å². The average Bonchev–Trinajstić information content (AvgIpc) is 3.04. The molecule has 2 N–H and O–H groups in total. The molecule has 1 amide bonds. The van der Waals surface area contributed by atoms with Crippen LogP contribution in [0.1, 0.15) is 35.3 Å². The van der Waals surface area contributed by atoms with Crippen LogP contribution in [0.25, 0.3) is 0 Å². The van der Waals surface area contributed by atoms with Crippen molar-refractivity contribution in [1.29, 1.82) is 0 Å². The van der Waals surface area contributed by atoms with E-state index in [9.17, 15) is 13.2 Å². The summed E-state index contributed by atoms with van der Waals surface area (Å²) >= 11 is 0. The number of hydrogen-bond acceptors (Lipinski definition) is 5. The van der Waals surface area contributed by atoms with Crippen molar-refractivity contribution in [2.24, 2.45) is 0 Å². The van der Waals surface area contributed by atoms with Crippen LogP contribution in [0, 0.1) is 0 Å². The highest BCUT2D eigenvalue weighted by Gasteiger charge is 2.20. The molecule has 1 aliphatic rings. The SMILES string of the molecule is C[C@@H](NC(=O)c1cccc(NS(=O)(=O)c2ccc3c(c2)OCCCO3)c1)c1ccccc1. The summed E-state index contributed by atoms with van der Waals surface area (Å²) < 4.78 is 39.5. The summed E-state index contributed by atoms with van der Waals surface area (Å²) in [7, 11) is -3.88. The second-order valence-corrected chi connectivity index (χ2v) is 9.13. The van der Waals surface area contributed by atoms with Gasteiger partial charge in [0.25, 0.3) is 15.9 Å². The highest BCUT2D eigenvalue weighted by molar-refractivity contribution is 7.92. The van der Waals surface area contributed by atoms with Gasteiger partial charge in [-0.2, -0.15) is 0 Å². The van der Waals surface area contributed by atoms with Crippen LogP contribution in [0.15, 0.2) is 77.7 Å². The van der Waals surface area contributed by atoms with Crippen molar-refractivity contribution in [3.63, 3.8) is 0 Å². The Morgan fingerprint density at radius 1 is 0.906 bits per heavy atom.